The predicted octanol–water partition coefficient (Wildman–Crippen LogP) is 6.78. The van der Waals surface area contributed by atoms with Crippen molar-refractivity contribution in [2.24, 2.45) is 0 Å². The van der Waals surface area contributed by atoms with Gasteiger partial charge in [-0.2, -0.15) is 0 Å². The Balaban J connectivity index is 3.04. The lowest BCUT2D eigenvalue weighted by Gasteiger charge is -2.02. The number of aldehydes is 1. The van der Waals surface area contributed by atoms with Gasteiger partial charge in [-0.15, -0.1) is 0 Å². The predicted molar refractivity (Wildman–Crippen MR) is 94.7 cm³/mol. The third-order valence-electron chi connectivity index (χ3n) is 3.91. The summed E-state index contributed by atoms with van der Waals surface area (Å²) >= 11 is 0. The minimum Gasteiger partial charge on any atom is -0.299 e. The Hall–Kier alpha value is -0.850. The fourth-order valence-electron chi connectivity index (χ4n) is 2.56. The molecule has 0 aromatic carbocycles. The van der Waals surface area contributed by atoms with Gasteiger partial charge in [0.05, 0.1) is 0 Å². The van der Waals surface area contributed by atoms with Gasteiger partial charge in [-0.05, 0) is 18.9 Å². The number of carbonyl (C=O) groups is 1. The van der Waals surface area contributed by atoms with Gasteiger partial charge >= 0.3 is 0 Å². The van der Waals surface area contributed by atoms with Crippen LogP contribution in [-0.2, 0) is 4.79 Å². The van der Waals surface area contributed by atoms with Gasteiger partial charge in [0.1, 0.15) is 6.29 Å². The molecule has 0 fully saturated rings. The third kappa shape index (κ3) is 19.1. The van der Waals surface area contributed by atoms with Crippen LogP contribution in [0.15, 0.2) is 24.3 Å². The monoisotopic (exact) mass is 292 g/mol. The largest absolute Gasteiger partial charge is 0.299 e. The van der Waals surface area contributed by atoms with Crippen LogP contribution in [0.4, 0.5) is 0 Å². The molecule has 0 amide bonds. The van der Waals surface area contributed by atoms with Crippen LogP contribution in [0.2, 0.25) is 0 Å². The summed E-state index contributed by atoms with van der Waals surface area (Å²) in [4.78, 5) is 10.0. The molecule has 122 valence electrons. The first-order valence-corrected chi connectivity index (χ1v) is 9.18. The minimum atomic E-state index is 0.815. The molecule has 0 aliphatic carbocycles. The average Bonchev–Trinajstić information content (AvgIpc) is 2.50. The van der Waals surface area contributed by atoms with E-state index in [1.54, 1.807) is 6.08 Å². The molecule has 1 heteroatoms. The molecule has 0 rings (SSSR count). The van der Waals surface area contributed by atoms with E-state index in [4.69, 9.17) is 0 Å². The number of carbonyl (C=O) groups excluding carboxylic acids is 1. The van der Waals surface area contributed by atoms with Crippen LogP contribution in [-0.4, -0.2) is 6.29 Å². The van der Waals surface area contributed by atoms with Crippen molar-refractivity contribution in [2.75, 3.05) is 0 Å². The molecule has 0 heterocycles. The molecule has 0 atom stereocenters. The molecular weight excluding hydrogens is 256 g/mol. The van der Waals surface area contributed by atoms with Crippen molar-refractivity contribution >= 4 is 6.29 Å². The van der Waals surface area contributed by atoms with Crippen molar-refractivity contribution < 1.29 is 4.79 Å². The topological polar surface area (TPSA) is 17.1 Å². The molecule has 0 aliphatic heterocycles. The van der Waals surface area contributed by atoms with Crippen LogP contribution < -0.4 is 0 Å². The fourth-order valence-corrected chi connectivity index (χ4v) is 2.56. The highest BCUT2D eigenvalue weighted by Gasteiger charge is 1.93. The van der Waals surface area contributed by atoms with Crippen molar-refractivity contribution in [3.05, 3.63) is 24.3 Å². The molecule has 0 aliphatic rings. The van der Waals surface area contributed by atoms with E-state index in [0.717, 1.165) is 12.7 Å². The summed E-state index contributed by atoms with van der Waals surface area (Å²) in [5.74, 6) is 0. The number of rotatable bonds is 16. The maximum absolute atomic E-state index is 10.0. The van der Waals surface area contributed by atoms with Gasteiger partial charge in [0.25, 0.3) is 0 Å². The first kappa shape index (κ1) is 20.1. The van der Waals surface area contributed by atoms with E-state index < -0.39 is 0 Å². The van der Waals surface area contributed by atoms with Gasteiger partial charge in [0.15, 0.2) is 0 Å². The first-order chi connectivity index (χ1) is 10.4. The zero-order chi connectivity index (χ0) is 15.4. The summed E-state index contributed by atoms with van der Waals surface area (Å²) in [7, 11) is 0. The zero-order valence-corrected chi connectivity index (χ0v) is 14.2. The number of unbranched alkanes of at least 4 members (excludes halogenated alkanes) is 13. The van der Waals surface area contributed by atoms with Crippen LogP contribution in [0.5, 0.6) is 0 Å². The van der Waals surface area contributed by atoms with E-state index in [2.05, 4.69) is 13.0 Å². The minimum absolute atomic E-state index is 0.815. The Morgan fingerprint density at radius 1 is 0.571 bits per heavy atom. The molecule has 0 unspecified atom stereocenters. The van der Waals surface area contributed by atoms with Gasteiger partial charge in [0.2, 0.25) is 0 Å². The van der Waals surface area contributed by atoms with Crippen LogP contribution in [0.1, 0.15) is 96.8 Å². The van der Waals surface area contributed by atoms with E-state index in [9.17, 15) is 4.79 Å². The lowest BCUT2D eigenvalue weighted by atomic mass is 10.0. The zero-order valence-electron chi connectivity index (χ0n) is 14.2. The highest BCUT2D eigenvalue weighted by molar-refractivity contribution is 5.65. The SMILES string of the molecule is CCCCCCCCCCCCCCC/C=C/C=C/C=O. The summed E-state index contributed by atoms with van der Waals surface area (Å²) in [5, 5.41) is 0. The van der Waals surface area contributed by atoms with E-state index in [1.807, 2.05) is 6.08 Å². The van der Waals surface area contributed by atoms with Gasteiger partial charge in [-0.25, -0.2) is 0 Å². The molecule has 0 bridgehead atoms. The van der Waals surface area contributed by atoms with Gasteiger partial charge in [-0.3, -0.25) is 4.79 Å². The fraction of sp³-hybridized carbons (Fsp3) is 0.750. The standard InChI is InChI=1S/C20H36O/c1-2-3-4-5-6-7-8-9-10-11-12-13-14-15-16-17-18-19-20-21/h16-20H,2-15H2,1H3/b17-16+,19-18+. The second kappa shape index (κ2) is 19.1. The van der Waals surface area contributed by atoms with Crippen LogP contribution in [0.25, 0.3) is 0 Å². The molecule has 0 N–H and O–H groups in total. The molecule has 0 saturated carbocycles. The Morgan fingerprint density at radius 3 is 1.52 bits per heavy atom. The smallest absolute Gasteiger partial charge is 0.142 e. The molecule has 1 nitrogen and oxygen atoms in total. The Kier molecular flexibility index (Phi) is 18.4. The van der Waals surface area contributed by atoms with Crippen molar-refractivity contribution in [1.82, 2.24) is 0 Å². The molecule has 0 aromatic heterocycles. The third-order valence-corrected chi connectivity index (χ3v) is 3.91. The van der Waals surface area contributed by atoms with Gasteiger partial charge in [-0.1, -0.05) is 102 Å². The normalized spacial score (nSPS) is 11.7. The molecule has 0 saturated heterocycles. The van der Waals surface area contributed by atoms with Gasteiger partial charge < -0.3 is 0 Å². The highest BCUT2D eigenvalue weighted by Crippen LogP contribution is 2.12. The molecule has 0 spiro atoms. The Labute approximate surface area is 132 Å². The number of hydrogen-bond acceptors (Lipinski definition) is 1. The summed E-state index contributed by atoms with van der Waals surface area (Å²) in [6.45, 7) is 2.28. The maximum Gasteiger partial charge on any atom is 0.142 e. The lowest BCUT2D eigenvalue weighted by Crippen LogP contribution is -1.82. The van der Waals surface area contributed by atoms with Crippen molar-refractivity contribution in [2.45, 2.75) is 96.8 Å². The Morgan fingerprint density at radius 2 is 1.05 bits per heavy atom. The summed E-state index contributed by atoms with van der Waals surface area (Å²) in [5.41, 5.74) is 0. The van der Waals surface area contributed by atoms with Crippen molar-refractivity contribution in [1.29, 1.82) is 0 Å². The van der Waals surface area contributed by atoms with Gasteiger partial charge in [0, 0.05) is 0 Å². The van der Waals surface area contributed by atoms with E-state index in [-0.39, 0.29) is 0 Å². The van der Waals surface area contributed by atoms with E-state index in [0.29, 0.717) is 0 Å². The molecular formula is C20H36O. The van der Waals surface area contributed by atoms with Crippen LogP contribution in [0.3, 0.4) is 0 Å². The second-order valence-corrected chi connectivity index (χ2v) is 5.98. The lowest BCUT2D eigenvalue weighted by molar-refractivity contribution is -0.104. The van der Waals surface area contributed by atoms with E-state index in [1.165, 1.54) is 89.5 Å². The van der Waals surface area contributed by atoms with Crippen molar-refractivity contribution in [3.63, 3.8) is 0 Å². The molecule has 0 radical (unpaired) electrons. The summed E-state index contributed by atoms with van der Waals surface area (Å²) < 4.78 is 0. The van der Waals surface area contributed by atoms with Crippen LogP contribution in [0, 0.1) is 0 Å². The molecule has 21 heavy (non-hydrogen) atoms. The number of allylic oxidation sites excluding steroid dienone is 4. The quantitative estimate of drug-likeness (QED) is 0.133. The highest BCUT2D eigenvalue weighted by atomic mass is 16.1. The average molecular weight is 293 g/mol. The van der Waals surface area contributed by atoms with E-state index >= 15 is 0 Å². The van der Waals surface area contributed by atoms with Crippen LogP contribution >= 0.6 is 0 Å². The molecule has 0 aromatic rings. The summed E-state index contributed by atoms with van der Waals surface area (Å²) in [6.07, 6.45) is 27.7. The first-order valence-electron chi connectivity index (χ1n) is 9.18. The van der Waals surface area contributed by atoms with Crippen molar-refractivity contribution in [3.8, 4) is 0 Å². The Bertz CT molecular complexity index is 253. The second-order valence-electron chi connectivity index (χ2n) is 5.98. The number of hydrogen-bond donors (Lipinski definition) is 0. The summed E-state index contributed by atoms with van der Waals surface area (Å²) in [6, 6.07) is 0. The maximum atomic E-state index is 10.0.